The van der Waals surface area contributed by atoms with Crippen LogP contribution >= 0.6 is 23.4 Å². The predicted octanol–water partition coefficient (Wildman–Crippen LogP) is 6.00. The number of amides is 1. The van der Waals surface area contributed by atoms with Crippen molar-refractivity contribution in [3.8, 4) is 0 Å². The van der Waals surface area contributed by atoms with Crippen molar-refractivity contribution in [2.75, 3.05) is 0 Å². The van der Waals surface area contributed by atoms with Crippen LogP contribution in [0.5, 0.6) is 0 Å². The van der Waals surface area contributed by atoms with E-state index in [1.165, 1.54) is 18.0 Å². The lowest BCUT2D eigenvalue weighted by Crippen LogP contribution is -2.17. The number of fused-ring (bicyclic) bond motifs is 1. The van der Waals surface area contributed by atoms with E-state index in [9.17, 15) is 4.79 Å². The summed E-state index contributed by atoms with van der Waals surface area (Å²) in [7, 11) is 0. The molecule has 0 bridgehead atoms. The maximum atomic E-state index is 12.3. The van der Waals surface area contributed by atoms with Gasteiger partial charge in [0.05, 0.1) is 6.21 Å². The molecule has 4 rings (SSSR count). The Morgan fingerprint density at radius 2 is 1.75 bits per heavy atom. The molecule has 138 valence electrons. The Morgan fingerprint density at radius 1 is 0.964 bits per heavy atom. The van der Waals surface area contributed by atoms with E-state index in [0.29, 0.717) is 16.3 Å². The molecule has 1 aromatic heterocycles. The molecule has 0 aliphatic rings. The third kappa shape index (κ3) is 4.44. The number of halogens is 1. The van der Waals surface area contributed by atoms with Crippen molar-refractivity contribution in [2.45, 2.75) is 9.99 Å². The zero-order valence-electron chi connectivity index (χ0n) is 14.6. The van der Waals surface area contributed by atoms with E-state index in [0.717, 1.165) is 20.8 Å². The van der Waals surface area contributed by atoms with Crippen LogP contribution in [0.1, 0.15) is 16.1 Å². The Kier molecular flexibility index (Phi) is 5.46. The van der Waals surface area contributed by atoms with Crippen LogP contribution < -0.4 is 5.43 Å². The average molecular weight is 407 g/mol. The monoisotopic (exact) mass is 406 g/mol. The van der Waals surface area contributed by atoms with Crippen LogP contribution in [0.4, 0.5) is 0 Å². The minimum Gasteiger partial charge on any atom is -0.448 e. The first kappa shape index (κ1) is 18.3. The molecular formula is C22H15ClN2O2S. The van der Waals surface area contributed by atoms with E-state index >= 15 is 0 Å². The molecule has 28 heavy (non-hydrogen) atoms. The number of hydrazone groups is 1. The van der Waals surface area contributed by atoms with Crippen LogP contribution in [-0.2, 0) is 0 Å². The van der Waals surface area contributed by atoms with Crippen LogP contribution in [-0.4, -0.2) is 12.1 Å². The number of benzene rings is 3. The van der Waals surface area contributed by atoms with Crippen molar-refractivity contribution in [3.63, 3.8) is 0 Å². The molecule has 4 nitrogen and oxygen atoms in total. The smallest absolute Gasteiger partial charge is 0.271 e. The highest BCUT2D eigenvalue weighted by atomic mass is 35.5. The molecular weight excluding hydrogens is 392 g/mol. The first-order valence-electron chi connectivity index (χ1n) is 8.53. The highest BCUT2D eigenvalue weighted by molar-refractivity contribution is 7.99. The van der Waals surface area contributed by atoms with Gasteiger partial charge in [0.1, 0.15) is 5.76 Å². The molecule has 3 aromatic carbocycles. The summed E-state index contributed by atoms with van der Waals surface area (Å²) in [4.78, 5) is 13.3. The first-order valence-corrected chi connectivity index (χ1v) is 9.72. The van der Waals surface area contributed by atoms with E-state index in [4.69, 9.17) is 16.0 Å². The molecule has 1 amide bonds. The lowest BCUT2D eigenvalue weighted by Gasteiger charge is -2.02. The highest BCUT2D eigenvalue weighted by Crippen LogP contribution is 2.29. The number of hydrogen-bond donors (Lipinski definition) is 1. The average Bonchev–Trinajstić information content (AvgIpc) is 3.16. The Balaban J connectivity index is 1.38. The van der Waals surface area contributed by atoms with Gasteiger partial charge in [-0.25, -0.2) is 5.43 Å². The molecule has 0 atom stereocenters. The van der Waals surface area contributed by atoms with E-state index in [-0.39, 0.29) is 5.91 Å². The molecule has 0 aliphatic carbocycles. The molecule has 1 heterocycles. The fourth-order valence-electron chi connectivity index (χ4n) is 2.63. The molecule has 6 heteroatoms. The predicted molar refractivity (Wildman–Crippen MR) is 113 cm³/mol. The Labute approximate surface area is 171 Å². The van der Waals surface area contributed by atoms with Crippen molar-refractivity contribution in [1.29, 1.82) is 0 Å². The van der Waals surface area contributed by atoms with Gasteiger partial charge in [-0.15, -0.1) is 0 Å². The lowest BCUT2D eigenvalue weighted by atomic mass is 10.1. The summed E-state index contributed by atoms with van der Waals surface area (Å²) in [6, 6.07) is 24.6. The summed E-state index contributed by atoms with van der Waals surface area (Å²) in [5.41, 5.74) is 3.08. The lowest BCUT2D eigenvalue weighted by molar-refractivity contribution is 0.0955. The summed E-state index contributed by atoms with van der Waals surface area (Å²) in [6.07, 6.45) is 1.48. The molecule has 0 saturated carbocycles. The standard InChI is InChI=1S/C22H15ClN2O2S/c23-18-7-10-20(11-8-18)28-21-12-9-19(27-21)14-24-25-22(26)17-6-5-15-3-1-2-4-16(15)13-17/h1-14H,(H,25,26)/b24-14-. The normalized spacial score (nSPS) is 11.2. The Bertz CT molecular complexity index is 1150. The Morgan fingerprint density at radius 3 is 2.57 bits per heavy atom. The molecule has 0 radical (unpaired) electrons. The van der Waals surface area contributed by atoms with Crippen LogP contribution in [0.2, 0.25) is 5.02 Å². The van der Waals surface area contributed by atoms with Crippen molar-refractivity contribution in [3.05, 3.63) is 95.2 Å². The van der Waals surface area contributed by atoms with Crippen molar-refractivity contribution < 1.29 is 9.21 Å². The Hall–Kier alpha value is -3.02. The van der Waals surface area contributed by atoms with Crippen molar-refractivity contribution >= 4 is 46.3 Å². The largest absolute Gasteiger partial charge is 0.448 e. The third-order valence-corrected chi connectivity index (χ3v) is 5.18. The summed E-state index contributed by atoms with van der Waals surface area (Å²) >= 11 is 7.37. The molecule has 1 N–H and O–H groups in total. The topological polar surface area (TPSA) is 54.6 Å². The van der Waals surface area contributed by atoms with Gasteiger partial charge in [0, 0.05) is 15.5 Å². The fraction of sp³-hybridized carbons (Fsp3) is 0. The molecule has 4 aromatic rings. The number of carbonyl (C=O) groups is 1. The summed E-state index contributed by atoms with van der Waals surface area (Å²) in [5, 5.41) is 7.50. The minimum atomic E-state index is -0.274. The summed E-state index contributed by atoms with van der Waals surface area (Å²) in [5.74, 6) is 0.277. The number of nitrogens with zero attached hydrogens (tertiary/aromatic N) is 1. The molecule has 0 fully saturated rings. The minimum absolute atomic E-state index is 0.274. The summed E-state index contributed by atoms with van der Waals surface area (Å²) in [6.45, 7) is 0. The quantitative estimate of drug-likeness (QED) is 0.326. The van der Waals surface area contributed by atoms with Gasteiger partial charge in [-0.2, -0.15) is 5.10 Å². The molecule has 0 unspecified atom stereocenters. The number of furan rings is 1. The second kappa shape index (κ2) is 8.33. The maximum Gasteiger partial charge on any atom is 0.271 e. The van der Waals surface area contributed by atoms with Gasteiger partial charge in [-0.1, -0.05) is 53.7 Å². The van der Waals surface area contributed by atoms with Crippen LogP contribution in [0.15, 0.2) is 98.4 Å². The van der Waals surface area contributed by atoms with E-state index in [1.807, 2.05) is 66.7 Å². The number of rotatable bonds is 5. The molecule has 0 saturated heterocycles. The molecule has 0 spiro atoms. The van der Waals surface area contributed by atoms with Gasteiger partial charge in [0.2, 0.25) is 0 Å². The fourth-order valence-corrected chi connectivity index (χ4v) is 3.53. The maximum absolute atomic E-state index is 12.3. The van der Waals surface area contributed by atoms with E-state index < -0.39 is 0 Å². The second-order valence-corrected chi connectivity index (χ2v) is 7.49. The number of carbonyl (C=O) groups excluding carboxylic acids is 1. The van der Waals surface area contributed by atoms with Gasteiger partial charge >= 0.3 is 0 Å². The van der Waals surface area contributed by atoms with Crippen LogP contribution in [0, 0.1) is 0 Å². The highest BCUT2D eigenvalue weighted by Gasteiger charge is 2.06. The van der Waals surface area contributed by atoms with Gasteiger partial charge in [0.15, 0.2) is 5.09 Å². The van der Waals surface area contributed by atoms with E-state index in [2.05, 4.69) is 10.5 Å². The molecule has 0 aliphatic heterocycles. The zero-order valence-corrected chi connectivity index (χ0v) is 16.2. The van der Waals surface area contributed by atoms with Crippen molar-refractivity contribution in [2.24, 2.45) is 5.10 Å². The number of nitrogens with one attached hydrogen (secondary N) is 1. The van der Waals surface area contributed by atoms with Crippen LogP contribution in [0.25, 0.3) is 10.8 Å². The first-order chi connectivity index (χ1) is 13.7. The van der Waals surface area contributed by atoms with Gasteiger partial charge in [-0.05, 0) is 59.3 Å². The van der Waals surface area contributed by atoms with Gasteiger partial charge in [0.25, 0.3) is 5.91 Å². The number of hydrogen-bond acceptors (Lipinski definition) is 4. The third-order valence-electron chi connectivity index (χ3n) is 4.00. The van der Waals surface area contributed by atoms with Gasteiger partial charge in [-0.3, -0.25) is 4.79 Å². The van der Waals surface area contributed by atoms with Gasteiger partial charge < -0.3 is 4.42 Å². The SMILES string of the molecule is O=C(N/N=C\c1ccc(Sc2ccc(Cl)cc2)o1)c1ccc2ccccc2c1. The summed E-state index contributed by atoms with van der Waals surface area (Å²) < 4.78 is 5.69. The second-order valence-electron chi connectivity index (χ2n) is 5.97. The van der Waals surface area contributed by atoms with Crippen molar-refractivity contribution in [1.82, 2.24) is 5.43 Å². The van der Waals surface area contributed by atoms with Crippen LogP contribution in [0.3, 0.4) is 0 Å². The van der Waals surface area contributed by atoms with E-state index in [1.54, 1.807) is 12.1 Å². The zero-order chi connectivity index (χ0) is 19.3.